The molecule has 194 valence electrons. The summed E-state index contributed by atoms with van der Waals surface area (Å²) in [7, 11) is 1.87. The van der Waals surface area contributed by atoms with E-state index in [-0.39, 0.29) is 24.3 Å². The van der Waals surface area contributed by atoms with Crippen LogP contribution < -0.4 is 15.8 Å². The van der Waals surface area contributed by atoms with E-state index in [1.54, 1.807) is 0 Å². The molecular formula is C26H33F3N6O. The second kappa shape index (κ2) is 11.3. The Kier molecular flexibility index (Phi) is 8.13. The zero-order valence-electron chi connectivity index (χ0n) is 20.4. The summed E-state index contributed by atoms with van der Waals surface area (Å²) < 4.78 is 46.3. The van der Waals surface area contributed by atoms with Crippen molar-refractivity contribution in [3.63, 3.8) is 0 Å². The summed E-state index contributed by atoms with van der Waals surface area (Å²) >= 11 is 0. The van der Waals surface area contributed by atoms with Crippen LogP contribution in [0.5, 0.6) is 5.75 Å². The highest BCUT2D eigenvalue weighted by atomic mass is 19.4. The van der Waals surface area contributed by atoms with Crippen molar-refractivity contribution >= 4 is 6.21 Å². The molecule has 1 atom stereocenters. The van der Waals surface area contributed by atoms with Gasteiger partial charge in [-0.3, -0.25) is 0 Å². The highest BCUT2D eigenvalue weighted by Gasteiger charge is 2.31. The van der Waals surface area contributed by atoms with E-state index >= 15 is 0 Å². The van der Waals surface area contributed by atoms with E-state index in [2.05, 4.69) is 21.6 Å². The lowest BCUT2D eigenvalue weighted by molar-refractivity contribution is -0.137. The molecule has 2 aromatic rings. The molecule has 1 fully saturated rings. The van der Waals surface area contributed by atoms with Crippen LogP contribution in [0.15, 0.2) is 47.7 Å². The molecule has 1 saturated carbocycles. The number of nitrogens with zero attached hydrogens (tertiary/aromatic N) is 3. The van der Waals surface area contributed by atoms with Crippen molar-refractivity contribution in [2.45, 2.75) is 75.7 Å². The Morgan fingerprint density at radius 1 is 1.22 bits per heavy atom. The number of hydrogen-bond donors (Lipinski definition) is 3. The molecule has 0 saturated heterocycles. The molecule has 0 amide bonds. The van der Waals surface area contributed by atoms with Crippen LogP contribution in [-0.2, 0) is 19.8 Å². The molecule has 1 aromatic heterocycles. The van der Waals surface area contributed by atoms with E-state index in [0.29, 0.717) is 11.9 Å². The van der Waals surface area contributed by atoms with E-state index in [4.69, 9.17) is 15.9 Å². The van der Waals surface area contributed by atoms with E-state index in [0.717, 1.165) is 68.5 Å². The molecule has 4 rings (SSSR count). The number of alkyl halides is 3. The van der Waals surface area contributed by atoms with Crippen LogP contribution >= 0.6 is 0 Å². The normalized spacial score (nSPS) is 23.2. The van der Waals surface area contributed by atoms with Crippen LogP contribution in [-0.4, -0.2) is 33.1 Å². The van der Waals surface area contributed by atoms with E-state index in [1.807, 2.05) is 17.8 Å². The summed E-state index contributed by atoms with van der Waals surface area (Å²) in [5, 5.41) is 19.9. The highest BCUT2D eigenvalue weighted by Crippen LogP contribution is 2.33. The predicted molar refractivity (Wildman–Crippen MR) is 132 cm³/mol. The first-order valence-electron chi connectivity index (χ1n) is 12.3. The number of nitrogens with one attached hydrogen (secondary N) is 2. The molecule has 0 bridgehead atoms. The first-order valence-corrected chi connectivity index (χ1v) is 12.3. The van der Waals surface area contributed by atoms with Crippen LogP contribution in [0.3, 0.4) is 0 Å². The fraction of sp³-hybridized carbons (Fsp3) is 0.500. The quantitative estimate of drug-likeness (QED) is 0.441. The minimum absolute atomic E-state index is 0.0413. The Labute approximate surface area is 209 Å². The average Bonchev–Trinajstić information content (AvgIpc) is 3.24. The van der Waals surface area contributed by atoms with E-state index in [1.165, 1.54) is 23.9 Å². The van der Waals surface area contributed by atoms with Gasteiger partial charge in [-0.05, 0) is 68.7 Å². The maximum absolute atomic E-state index is 12.9. The van der Waals surface area contributed by atoms with Gasteiger partial charge in [-0.15, -0.1) is 10.2 Å². The van der Waals surface area contributed by atoms with Gasteiger partial charge < -0.3 is 25.8 Å². The molecule has 1 aromatic carbocycles. The van der Waals surface area contributed by atoms with Gasteiger partial charge in [-0.25, -0.2) is 0 Å². The zero-order chi connectivity index (χ0) is 25.7. The second-order valence-corrected chi connectivity index (χ2v) is 9.57. The van der Waals surface area contributed by atoms with Crippen molar-refractivity contribution < 1.29 is 17.9 Å². The lowest BCUT2D eigenvalue weighted by atomic mass is 9.85. The Hall–Kier alpha value is -3.14. The Bertz CT molecular complexity index is 1120. The van der Waals surface area contributed by atoms with Crippen molar-refractivity contribution in [2.24, 2.45) is 12.8 Å². The Morgan fingerprint density at radius 3 is 2.67 bits per heavy atom. The van der Waals surface area contributed by atoms with E-state index < -0.39 is 11.7 Å². The molecular weight excluding hydrogens is 469 g/mol. The first kappa shape index (κ1) is 25.9. The summed E-state index contributed by atoms with van der Waals surface area (Å²) in [6, 6.07) is 5.39. The standard InChI is InChI=1S/C26H33F3N6O/c1-35-24(16-36-23-4-2-3-20(13-23)26(27,28)29)33-34-25(35)18-7-11-22(12-8-18)32-15-19(14-30)17-5-9-21(31)10-6-17/h2-5,13-15,18,21-22,30,32H,6-12,16,31H2,1H3/b19-15+,30-14?. The predicted octanol–water partition coefficient (Wildman–Crippen LogP) is 5.00. The van der Waals surface area contributed by atoms with Gasteiger partial charge in [0.1, 0.15) is 18.2 Å². The molecule has 2 aliphatic rings. The maximum Gasteiger partial charge on any atom is 0.416 e. The largest absolute Gasteiger partial charge is 0.486 e. The van der Waals surface area contributed by atoms with Gasteiger partial charge in [0.05, 0.1) is 5.56 Å². The van der Waals surface area contributed by atoms with Crippen LogP contribution in [0, 0.1) is 5.41 Å². The fourth-order valence-corrected chi connectivity index (χ4v) is 4.84. The Morgan fingerprint density at radius 2 is 2.00 bits per heavy atom. The minimum atomic E-state index is -4.41. The lowest BCUT2D eigenvalue weighted by Gasteiger charge is -2.28. The molecule has 2 aliphatic carbocycles. The van der Waals surface area contributed by atoms with Gasteiger partial charge in [0, 0.05) is 43.0 Å². The Balaban J connectivity index is 1.30. The van der Waals surface area contributed by atoms with Crippen molar-refractivity contribution in [2.75, 3.05) is 0 Å². The summed E-state index contributed by atoms with van der Waals surface area (Å²) in [6.07, 6.45) is 7.66. The monoisotopic (exact) mass is 502 g/mol. The molecule has 1 unspecified atom stereocenters. The van der Waals surface area contributed by atoms with Crippen molar-refractivity contribution in [1.82, 2.24) is 20.1 Å². The van der Waals surface area contributed by atoms with Gasteiger partial charge in [0.2, 0.25) is 0 Å². The van der Waals surface area contributed by atoms with Crippen LogP contribution in [0.1, 0.15) is 68.1 Å². The summed E-state index contributed by atoms with van der Waals surface area (Å²) in [5.74, 6) is 1.85. The number of ether oxygens (including phenoxy) is 1. The molecule has 0 aliphatic heterocycles. The summed E-state index contributed by atoms with van der Waals surface area (Å²) in [4.78, 5) is 0. The molecule has 36 heavy (non-hydrogen) atoms. The van der Waals surface area contributed by atoms with E-state index in [9.17, 15) is 13.2 Å². The number of allylic oxidation sites excluding steroid dienone is 2. The highest BCUT2D eigenvalue weighted by molar-refractivity contribution is 5.82. The average molecular weight is 503 g/mol. The molecule has 0 radical (unpaired) electrons. The number of hydrogen-bond acceptors (Lipinski definition) is 6. The van der Waals surface area contributed by atoms with Crippen molar-refractivity contribution in [1.29, 1.82) is 5.41 Å². The zero-order valence-corrected chi connectivity index (χ0v) is 20.4. The third-order valence-electron chi connectivity index (χ3n) is 7.07. The third-order valence-corrected chi connectivity index (χ3v) is 7.07. The summed E-state index contributed by atoms with van der Waals surface area (Å²) in [5.41, 5.74) is 7.34. The van der Waals surface area contributed by atoms with Gasteiger partial charge in [-0.2, -0.15) is 13.2 Å². The van der Waals surface area contributed by atoms with Crippen LogP contribution in [0.2, 0.25) is 0 Å². The lowest BCUT2D eigenvalue weighted by Crippen LogP contribution is -2.30. The summed E-state index contributed by atoms with van der Waals surface area (Å²) in [6.45, 7) is 0.0413. The van der Waals surface area contributed by atoms with Crippen LogP contribution in [0.25, 0.3) is 0 Å². The number of halogens is 3. The molecule has 1 heterocycles. The van der Waals surface area contributed by atoms with Gasteiger partial charge >= 0.3 is 6.18 Å². The van der Waals surface area contributed by atoms with Crippen molar-refractivity contribution in [3.8, 4) is 5.75 Å². The topological polar surface area (TPSA) is 102 Å². The first-order chi connectivity index (χ1) is 17.2. The fourth-order valence-electron chi connectivity index (χ4n) is 4.84. The van der Waals surface area contributed by atoms with Gasteiger partial charge in [0.25, 0.3) is 0 Å². The maximum atomic E-state index is 12.9. The number of aromatic nitrogens is 3. The SMILES string of the molecule is Cn1c(COc2cccc(C(F)(F)F)c2)nnc1C1CCC(N/C=C(\C=N)C2=CCC(N)CC2)CC1. The second-order valence-electron chi connectivity index (χ2n) is 9.57. The molecule has 7 nitrogen and oxygen atoms in total. The number of benzene rings is 1. The van der Waals surface area contributed by atoms with Gasteiger partial charge in [-0.1, -0.05) is 12.1 Å². The molecule has 0 spiro atoms. The third kappa shape index (κ3) is 6.34. The smallest absolute Gasteiger partial charge is 0.416 e. The minimum Gasteiger partial charge on any atom is -0.486 e. The van der Waals surface area contributed by atoms with Crippen LogP contribution in [0.4, 0.5) is 13.2 Å². The number of nitrogens with two attached hydrogens (primary N) is 1. The molecule has 4 N–H and O–H groups in total. The van der Waals surface area contributed by atoms with Gasteiger partial charge in [0.15, 0.2) is 5.82 Å². The molecule has 10 heteroatoms. The number of rotatable bonds is 8. The van der Waals surface area contributed by atoms with Crippen molar-refractivity contribution in [3.05, 3.63) is 64.9 Å².